The van der Waals surface area contributed by atoms with Crippen molar-refractivity contribution in [1.82, 2.24) is 9.97 Å². The topological polar surface area (TPSA) is 40.7 Å². The third kappa shape index (κ3) is 2.43. The highest BCUT2D eigenvalue weighted by molar-refractivity contribution is 6.35. The number of aryl methyl sites for hydroxylation is 1. The SMILES string of the molecule is Cc1cnc(Nc2cc(Cl)ccc2Cl)[nH]1. The molecule has 0 saturated carbocycles. The van der Waals surface area contributed by atoms with Crippen LogP contribution in [0.2, 0.25) is 10.0 Å². The van der Waals surface area contributed by atoms with Crippen molar-refractivity contribution < 1.29 is 0 Å². The molecule has 0 unspecified atom stereocenters. The molecule has 5 heteroatoms. The van der Waals surface area contributed by atoms with Crippen LogP contribution in [0.3, 0.4) is 0 Å². The highest BCUT2D eigenvalue weighted by Crippen LogP contribution is 2.27. The molecule has 1 aromatic heterocycles. The van der Waals surface area contributed by atoms with Gasteiger partial charge in [-0.25, -0.2) is 4.98 Å². The summed E-state index contributed by atoms with van der Waals surface area (Å²) < 4.78 is 0. The van der Waals surface area contributed by atoms with Crippen LogP contribution in [0, 0.1) is 6.92 Å². The molecule has 3 nitrogen and oxygen atoms in total. The molecule has 0 atom stereocenters. The van der Waals surface area contributed by atoms with Crippen molar-refractivity contribution in [3.8, 4) is 0 Å². The van der Waals surface area contributed by atoms with E-state index in [0.29, 0.717) is 16.0 Å². The summed E-state index contributed by atoms with van der Waals surface area (Å²) in [7, 11) is 0. The van der Waals surface area contributed by atoms with Crippen molar-refractivity contribution in [2.24, 2.45) is 0 Å². The fourth-order valence-corrected chi connectivity index (χ4v) is 1.53. The number of imidazole rings is 1. The lowest BCUT2D eigenvalue weighted by atomic mass is 10.3. The van der Waals surface area contributed by atoms with E-state index in [9.17, 15) is 0 Å². The second-order valence-corrected chi connectivity index (χ2v) is 4.01. The van der Waals surface area contributed by atoms with Crippen LogP contribution in [0.1, 0.15) is 5.69 Å². The molecule has 2 N–H and O–H groups in total. The van der Waals surface area contributed by atoms with E-state index in [1.54, 1.807) is 24.4 Å². The molecule has 0 aliphatic carbocycles. The quantitative estimate of drug-likeness (QED) is 0.841. The van der Waals surface area contributed by atoms with E-state index in [2.05, 4.69) is 15.3 Å². The number of nitrogens with zero attached hydrogens (tertiary/aromatic N) is 1. The van der Waals surface area contributed by atoms with E-state index < -0.39 is 0 Å². The van der Waals surface area contributed by atoms with Crippen molar-refractivity contribution >= 4 is 34.8 Å². The molecular formula is C10H9Cl2N3. The van der Waals surface area contributed by atoms with Crippen LogP contribution in [0.4, 0.5) is 11.6 Å². The van der Waals surface area contributed by atoms with Gasteiger partial charge in [0.2, 0.25) is 5.95 Å². The fraction of sp³-hybridized carbons (Fsp3) is 0.100. The number of rotatable bonds is 2. The van der Waals surface area contributed by atoms with Gasteiger partial charge in [0.15, 0.2) is 0 Å². The molecule has 78 valence electrons. The van der Waals surface area contributed by atoms with Gasteiger partial charge in [0.1, 0.15) is 0 Å². The summed E-state index contributed by atoms with van der Waals surface area (Å²) in [5.74, 6) is 0.650. The molecule has 0 saturated heterocycles. The van der Waals surface area contributed by atoms with E-state index in [1.807, 2.05) is 6.92 Å². The maximum atomic E-state index is 5.99. The van der Waals surface area contributed by atoms with Crippen molar-refractivity contribution in [3.63, 3.8) is 0 Å². The molecule has 0 aliphatic heterocycles. The van der Waals surface area contributed by atoms with E-state index in [1.165, 1.54) is 0 Å². The molecule has 0 aliphatic rings. The first-order valence-corrected chi connectivity index (χ1v) is 5.14. The number of benzene rings is 1. The Kier molecular flexibility index (Phi) is 2.84. The maximum Gasteiger partial charge on any atom is 0.204 e. The van der Waals surface area contributed by atoms with Crippen molar-refractivity contribution in [1.29, 1.82) is 0 Å². The van der Waals surface area contributed by atoms with Gasteiger partial charge < -0.3 is 10.3 Å². The largest absolute Gasteiger partial charge is 0.328 e. The number of hydrogen-bond acceptors (Lipinski definition) is 2. The zero-order valence-electron chi connectivity index (χ0n) is 8.01. The molecular weight excluding hydrogens is 233 g/mol. The number of aromatic amines is 1. The second kappa shape index (κ2) is 4.13. The average Bonchev–Trinajstić information content (AvgIpc) is 2.58. The number of aromatic nitrogens is 2. The molecule has 15 heavy (non-hydrogen) atoms. The van der Waals surface area contributed by atoms with Crippen LogP contribution in [0.5, 0.6) is 0 Å². The first-order valence-electron chi connectivity index (χ1n) is 4.39. The predicted molar refractivity (Wildman–Crippen MR) is 63.1 cm³/mol. The van der Waals surface area contributed by atoms with E-state index in [4.69, 9.17) is 23.2 Å². The predicted octanol–water partition coefficient (Wildman–Crippen LogP) is 3.77. The standard InChI is InChI=1S/C10H9Cl2N3/c1-6-5-13-10(14-6)15-9-4-7(11)2-3-8(9)12/h2-5H,1H3,(H2,13,14,15). The zero-order chi connectivity index (χ0) is 10.8. The Morgan fingerprint density at radius 1 is 1.33 bits per heavy atom. The zero-order valence-corrected chi connectivity index (χ0v) is 9.52. The first kappa shape index (κ1) is 10.3. The Hall–Kier alpha value is -1.19. The third-order valence-corrected chi connectivity index (χ3v) is 2.45. The highest BCUT2D eigenvalue weighted by Gasteiger charge is 2.03. The minimum atomic E-state index is 0.605. The summed E-state index contributed by atoms with van der Waals surface area (Å²) in [4.78, 5) is 7.16. The molecule has 0 spiro atoms. The lowest BCUT2D eigenvalue weighted by Gasteiger charge is -2.05. The Bertz CT molecular complexity index is 479. The van der Waals surface area contributed by atoms with Gasteiger partial charge >= 0.3 is 0 Å². The average molecular weight is 242 g/mol. The third-order valence-electron chi connectivity index (χ3n) is 1.88. The molecule has 0 fully saturated rings. The lowest BCUT2D eigenvalue weighted by Crippen LogP contribution is -1.93. The first-order chi connectivity index (χ1) is 7.15. The maximum absolute atomic E-state index is 5.99. The lowest BCUT2D eigenvalue weighted by molar-refractivity contribution is 1.24. The Balaban J connectivity index is 2.27. The molecule has 0 bridgehead atoms. The number of H-pyrrole nitrogens is 1. The van der Waals surface area contributed by atoms with Crippen molar-refractivity contribution in [3.05, 3.63) is 40.1 Å². The number of nitrogens with one attached hydrogen (secondary N) is 2. The summed E-state index contributed by atoms with van der Waals surface area (Å²) in [6, 6.07) is 5.23. The summed E-state index contributed by atoms with van der Waals surface area (Å²) in [6.45, 7) is 1.93. The minimum absolute atomic E-state index is 0.605. The monoisotopic (exact) mass is 241 g/mol. The Morgan fingerprint density at radius 2 is 2.13 bits per heavy atom. The molecule has 1 heterocycles. The second-order valence-electron chi connectivity index (χ2n) is 3.16. The Labute approximate surface area is 97.4 Å². The van der Waals surface area contributed by atoms with Gasteiger partial charge in [-0.05, 0) is 25.1 Å². The van der Waals surface area contributed by atoms with Crippen LogP contribution < -0.4 is 5.32 Å². The van der Waals surface area contributed by atoms with E-state index in [-0.39, 0.29) is 0 Å². The number of halogens is 2. The molecule has 2 rings (SSSR count). The molecule has 1 aromatic carbocycles. The summed E-state index contributed by atoms with van der Waals surface area (Å²) in [5.41, 5.74) is 1.72. The van der Waals surface area contributed by atoms with Crippen LogP contribution in [0.15, 0.2) is 24.4 Å². The van der Waals surface area contributed by atoms with Crippen molar-refractivity contribution in [2.75, 3.05) is 5.32 Å². The molecule has 0 amide bonds. The number of hydrogen-bond donors (Lipinski definition) is 2. The van der Waals surface area contributed by atoms with Crippen LogP contribution in [0.25, 0.3) is 0 Å². The minimum Gasteiger partial charge on any atom is -0.328 e. The van der Waals surface area contributed by atoms with Gasteiger partial charge in [-0.1, -0.05) is 23.2 Å². The Morgan fingerprint density at radius 3 is 2.80 bits per heavy atom. The van der Waals surface area contributed by atoms with Gasteiger partial charge in [0.25, 0.3) is 0 Å². The van der Waals surface area contributed by atoms with Gasteiger partial charge in [0.05, 0.1) is 10.7 Å². The van der Waals surface area contributed by atoms with E-state index in [0.717, 1.165) is 11.4 Å². The smallest absolute Gasteiger partial charge is 0.204 e. The van der Waals surface area contributed by atoms with Gasteiger partial charge in [-0.2, -0.15) is 0 Å². The van der Waals surface area contributed by atoms with Crippen molar-refractivity contribution in [2.45, 2.75) is 6.92 Å². The van der Waals surface area contributed by atoms with Crippen LogP contribution in [-0.2, 0) is 0 Å². The molecule has 0 radical (unpaired) electrons. The normalized spacial score (nSPS) is 10.3. The van der Waals surface area contributed by atoms with Crippen LogP contribution >= 0.6 is 23.2 Å². The van der Waals surface area contributed by atoms with Gasteiger partial charge in [0, 0.05) is 16.9 Å². The van der Waals surface area contributed by atoms with E-state index >= 15 is 0 Å². The summed E-state index contributed by atoms with van der Waals surface area (Å²) >= 11 is 11.8. The van der Waals surface area contributed by atoms with Gasteiger partial charge in [-0.3, -0.25) is 0 Å². The molecule has 2 aromatic rings. The fourth-order valence-electron chi connectivity index (χ4n) is 1.20. The highest BCUT2D eigenvalue weighted by atomic mass is 35.5. The summed E-state index contributed by atoms with van der Waals surface area (Å²) in [5, 5.41) is 4.29. The van der Waals surface area contributed by atoms with Gasteiger partial charge in [-0.15, -0.1) is 0 Å². The number of anilines is 2. The van der Waals surface area contributed by atoms with Crippen LogP contribution in [-0.4, -0.2) is 9.97 Å². The summed E-state index contributed by atoms with van der Waals surface area (Å²) in [6.07, 6.45) is 1.74.